The van der Waals surface area contributed by atoms with Gasteiger partial charge in [-0.25, -0.2) is 4.57 Å². The van der Waals surface area contributed by atoms with Crippen molar-refractivity contribution < 1.29 is 47.8 Å². The van der Waals surface area contributed by atoms with Gasteiger partial charge in [-0.1, -0.05) is 205 Å². The lowest BCUT2D eigenvalue weighted by molar-refractivity contribution is -0.153. The van der Waals surface area contributed by atoms with Gasteiger partial charge in [0.2, 0.25) is 0 Å². The van der Waals surface area contributed by atoms with E-state index in [1.54, 1.807) is 0 Å². The predicted molar refractivity (Wildman–Crippen MR) is 242 cm³/mol. The van der Waals surface area contributed by atoms with Gasteiger partial charge >= 0.3 is 19.8 Å². The zero-order valence-electron chi connectivity index (χ0n) is 38.0. The molecule has 348 valence electrons. The Kier molecular flexibility index (Phi) is 43.3. The summed E-state index contributed by atoms with van der Waals surface area (Å²) in [7, 11) is -4.64. The topological polar surface area (TPSA) is 149 Å². The maximum absolute atomic E-state index is 12.4. The number of carbonyl (C=O) groups excluding carboxylic acids is 2. The van der Waals surface area contributed by atoms with Gasteiger partial charge in [0.1, 0.15) is 12.2 Å². The van der Waals surface area contributed by atoms with Gasteiger partial charge in [0.15, 0.2) is 0 Å². The standard InChI is InChI=1S/C48H91O10P/c1-3-5-7-9-11-13-15-17-18-19-20-21-22-23-24-25-26-28-30-32-34-36-38-40-48(52)58-46(42-50)44-56-59(53,54)55-43-45(41-49)57-47(51)39-37-35-33-31-29-27-16-14-12-10-8-6-4-2/h8,10,14,16,45-46,49-50H,3-7,9,11-13,15,17-44H2,1-2H3,(H,53,54)/b10-8-,16-14-. The van der Waals surface area contributed by atoms with Gasteiger partial charge in [-0.05, 0) is 38.5 Å². The molecule has 0 heterocycles. The molecule has 11 heteroatoms. The molecule has 0 spiro atoms. The lowest BCUT2D eigenvalue weighted by atomic mass is 10.0. The van der Waals surface area contributed by atoms with Crippen molar-refractivity contribution in [2.75, 3.05) is 26.4 Å². The van der Waals surface area contributed by atoms with E-state index < -0.39 is 58.4 Å². The third kappa shape index (κ3) is 42.9. The number of hydrogen-bond acceptors (Lipinski definition) is 9. The van der Waals surface area contributed by atoms with Crippen molar-refractivity contribution in [1.82, 2.24) is 0 Å². The predicted octanol–water partition coefficient (Wildman–Crippen LogP) is 13.3. The first-order valence-electron chi connectivity index (χ1n) is 24.3. The van der Waals surface area contributed by atoms with Crippen LogP contribution in [-0.2, 0) is 32.7 Å². The summed E-state index contributed by atoms with van der Waals surface area (Å²) in [5.41, 5.74) is 0. The van der Waals surface area contributed by atoms with Crippen LogP contribution in [0, 0.1) is 0 Å². The quantitative estimate of drug-likeness (QED) is 0.0234. The Morgan fingerprint density at radius 1 is 0.458 bits per heavy atom. The van der Waals surface area contributed by atoms with Crippen molar-refractivity contribution in [3.63, 3.8) is 0 Å². The van der Waals surface area contributed by atoms with Crippen LogP contribution in [0.2, 0.25) is 0 Å². The molecule has 0 radical (unpaired) electrons. The highest BCUT2D eigenvalue weighted by atomic mass is 31.2. The molecule has 0 bridgehead atoms. The molecule has 0 aliphatic carbocycles. The first kappa shape index (κ1) is 57.4. The number of unbranched alkanes of at least 4 members (excludes halogenated alkanes) is 28. The first-order chi connectivity index (χ1) is 28.8. The van der Waals surface area contributed by atoms with Crippen molar-refractivity contribution >= 4 is 19.8 Å². The molecule has 0 aromatic heterocycles. The average Bonchev–Trinajstić information content (AvgIpc) is 3.22. The molecule has 0 amide bonds. The maximum atomic E-state index is 12.4. The smallest absolute Gasteiger partial charge is 0.457 e. The Balaban J connectivity index is 3.80. The fourth-order valence-electron chi connectivity index (χ4n) is 6.92. The van der Waals surface area contributed by atoms with Crippen LogP contribution in [0.1, 0.15) is 232 Å². The first-order valence-corrected chi connectivity index (χ1v) is 25.8. The molecule has 0 aliphatic rings. The number of esters is 2. The number of aliphatic hydroxyl groups excluding tert-OH is 2. The van der Waals surface area contributed by atoms with Crippen LogP contribution < -0.4 is 0 Å². The number of rotatable bonds is 46. The number of allylic oxidation sites excluding steroid dienone is 4. The van der Waals surface area contributed by atoms with E-state index in [9.17, 15) is 29.3 Å². The molecule has 10 nitrogen and oxygen atoms in total. The SMILES string of the molecule is CCC/C=C\C/C=C\CCCCCCCC(=O)OC(CO)COP(=O)(O)OCC(CO)OC(=O)CCCCCCCCCCCCCCCCCCCCCCCCC. The zero-order valence-corrected chi connectivity index (χ0v) is 38.9. The zero-order chi connectivity index (χ0) is 43.3. The second-order valence-corrected chi connectivity index (χ2v) is 17.9. The van der Waals surface area contributed by atoms with Gasteiger partial charge in [0.05, 0.1) is 26.4 Å². The molecule has 0 aromatic rings. The highest BCUT2D eigenvalue weighted by Gasteiger charge is 2.27. The second kappa shape index (κ2) is 44.5. The lowest BCUT2D eigenvalue weighted by Gasteiger charge is -2.20. The van der Waals surface area contributed by atoms with E-state index in [2.05, 4.69) is 38.2 Å². The summed E-state index contributed by atoms with van der Waals surface area (Å²) in [4.78, 5) is 34.6. The van der Waals surface area contributed by atoms with Crippen molar-refractivity contribution in [1.29, 1.82) is 0 Å². The van der Waals surface area contributed by atoms with Crippen LogP contribution in [-0.4, -0.2) is 65.7 Å². The molecule has 0 saturated heterocycles. The van der Waals surface area contributed by atoms with Gasteiger partial charge in [-0.15, -0.1) is 0 Å². The van der Waals surface area contributed by atoms with Crippen LogP contribution >= 0.6 is 7.82 Å². The fraction of sp³-hybridized carbons (Fsp3) is 0.875. The maximum Gasteiger partial charge on any atom is 0.472 e. The number of phosphoric acid groups is 1. The van der Waals surface area contributed by atoms with Crippen LogP contribution in [0.25, 0.3) is 0 Å². The van der Waals surface area contributed by atoms with E-state index in [1.165, 1.54) is 128 Å². The van der Waals surface area contributed by atoms with E-state index in [0.29, 0.717) is 12.8 Å². The number of phosphoric ester groups is 1. The molecule has 59 heavy (non-hydrogen) atoms. The fourth-order valence-corrected chi connectivity index (χ4v) is 7.70. The largest absolute Gasteiger partial charge is 0.472 e. The Bertz CT molecular complexity index is 1040. The second-order valence-electron chi connectivity index (χ2n) is 16.5. The normalized spacial score (nSPS) is 13.9. The number of ether oxygens (including phenoxy) is 2. The van der Waals surface area contributed by atoms with E-state index in [4.69, 9.17) is 18.5 Å². The van der Waals surface area contributed by atoms with E-state index >= 15 is 0 Å². The minimum absolute atomic E-state index is 0.178. The number of aliphatic hydroxyl groups is 2. The van der Waals surface area contributed by atoms with Crippen molar-refractivity contribution in [2.45, 2.75) is 244 Å². The third-order valence-corrected chi connectivity index (χ3v) is 11.6. The van der Waals surface area contributed by atoms with Crippen molar-refractivity contribution in [3.8, 4) is 0 Å². The molecule has 0 rings (SSSR count). The van der Waals surface area contributed by atoms with E-state index in [1.807, 2.05) is 0 Å². The van der Waals surface area contributed by atoms with E-state index in [0.717, 1.165) is 64.2 Å². The van der Waals surface area contributed by atoms with Gasteiger partial charge in [0, 0.05) is 12.8 Å². The third-order valence-electron chi connectivity index (χ3n) is 10.6. The average molecular weight is 859 g/mol. The molecule has 3 atom stereocenters. The molecule has 3 N–H and O–H groups in total. The highest BCUT2D eigenvalue weighted by Crippen LogP contribution is 2.43. The van der Waals surface area contributed by atoms with Crippen LogP contribution in [0.4, 0.5) is 0 Å². The molecule has 0 saturated carbocycles. The molecule has 3 unspecified atom stereocenters. The summed E-state index contributed by atoms with van der Waals surface area (Å²) in [6.45, 7) is 2.16. The molecule has 0 fully saturated rings. The van der Waals surface area contributed by atoms with Crippen LogP contribution in [0.5, 0.6) is 0 Å². The number of carbonyl (C=O) groups is 2. The Morgan fingerprint density at radius 3 is 1.12 bits per heavy atom. The van der Waals surface area contributed by atoms with Crippen molar-refractivity contribution in [3.05, 3.63) is 24.3 Å². The Hall–Kier alpha value is -1.55. The summed E-state index contributed by atoms with van der Waals surface area (Å²) >= 11 is 0. The van der Waals surface area contributed by atoms with Gasteiger partial charge in [0.25, 0.3) is 0 Å². The molecule has 0 aliphatic heterocycles. The highest BCUT2D eigenvalue weighted by molar-refractivity contribution is 7.47. The van der Waals surface area contributed by atoms with Crippen LogP contribution in [0.3, 0.4) is 0 Å². The molecular formula is C48H91O10P. The summed E-state index contributed by atoms with van der Waals surface area (Å²) in [6, 6.07) is 0. The van der Waals surface area contributed by atoms with Gasteiger partial charge in [-0.2, -0.15) is 0 Å². The minimum atomic E-state index is -4.64. The van der Waals surface area contributed by atoms with Crippen molar-refractivity contribution in [2.24, 2.45) is 0 Å². The summed E-state index contributed by atoms with van der Waals surface area (Å²) < 4.78 is 32.6. The summed E-state index contributed by atoms with van der Waals surface area (Å²) in [6.07, 6.45) is 45.9. The van der Waals surface area contributed by atoms with Gasteiger partial charge < -0.3 is 24.6 Å². The molecule has 0 aromatic carbocycles. The number of hydrogen-bond donors (Lipinski definition) is 3. The Labute approximate surface area is 361 Å². The monoisotopic (exact) mass is 859 g/mol. The molecular weight excluding hydrogens is 767 g/mol. The minimum Gasteiger partial charge on any atom is -0.457 e. The van der Waals surface area contributed by atoms with E-state index in [-0.39, 0.29) is 12.8 Å². The summed E-state index contributed by atoms with van der Waals surface area (Å²) in [5, 5.41) is 19.2. The van der Waals surface area contributed by atoms with Crippen LogP contribution in [0.15, 0.2) is 24.3 Å². The summed E-state index contributed by atoms with van der Waals surface area (Å²) in [5.74, 6) is -1.02. The lowest BCUT2D eigenvalue weighted by Crippen LogP contribution is -2.28. The Morgan fingerprint density at radius 2 is 0.780 bits per heavy atom. The van der Waals surface area contributed by atoms with Gasteiger partial charge in [-0.3, -0.25) is 18.6 Å².